The predicted octanol–water partition coefficient (Wildman–Crippen LogP) is 6.13. The average Bonchev–Trinajstić information content (AvgIpc) is 2.69. The molecule has 3 aromatic carbocycles. The van der Waals surface area contributed by atoms with Gasteiger partial charge in [-0.05, 0) is 60.5 Å². The Labute approximate surface area is 171 Å². The number of rotatable bonds is 2. The van der Waals surface area contributed by atoms with Gasteiger partial charge in [0.05, 0.1) is 11.1 Å². The van der Waals surface area contributed by atoms with E-state index < -0.39 is 29.1 Å². The Kier molecular flexibility index (Phi) is 6.54. The van der Waals surface area contributed by atoms with Crippen LogP contribution in [0.1, 0.15) is 41.2 Å². The van der Waals surface area contributed by atoms with E-state index in [4.69, 9.17) is 0 Å². The lowest BCUT2D eigenvalue weighted by Crippen LogP contribution is -1.95. The molecule has 0 aromatic heterocycles. The monoisotopic (exact) mass is 410 g/mol. The summed E-state index contributed by atoms with van der Waals surface area (Å²) in [6.45, 7) is 1.91. The highest BCUT2D eigenvalue weighted by atomic mass is 19.2. The Morgan fingerprint density at radius 2 is 1.20 bits per heavy atom. The van der Waals surface area contributed by atoms with E-state index in [1.807, 2.05) is 6.92 Å². The molecule has 0 aliphatic rings. The van der Waals surface area contributed by atoms with Crippen LogP contribution in [0.2, 0.25) is 0 Å². The molecular weight excluding hydrogens is 395 g/mol. The third-order valence-corrected chi connectivity index (χ3v) is 4.20. The third kappa shape index (κ3) is 5.07. The van der Waals surface area contributed by atoms with Gasteiger partial charge in [0.15, 0.2) is 11.6 Å². The molecule has 0 amide bonds. The first-order chi connectivity index (χ1) is 14.4. The first kappa shape index (κ1) is 21.1. The van der Waals surface area contributed by atoms with E-state index in [1.165, 1.54) is 30.3 Å². The van der Waals surface area contributed by atoms with Crippen LogP contribution in [0.25, 0.3) is 0 Å². The molecule has 0 N–H and O–H groups in total. The van der Waals surface area contributed by atoms with Crippen molar-refractivity contribution in [1.82, 2.24) is 0 Å². The molecule has 0 heterocycles. The number of halogens is 5. The molecule has 0 radical (unpaired) electrons. The van der Waals surface area contributed by atoms with Crippen LogP contribution in [0, 0.1) is 52.8 Å². The van der Waals surface area contributed by atoms with Crippen LogP contribution in [0.4, 0.5) is 22.0 Å². The predicted molar refractivity (Wildman–Crippen MR) is 105 cm³/mol. The van der Waals surface area contributed by atoms with Crippen LogP contribution < -0.4 is 0 Å². The van der Waals surface area contributed by atoms with Crippen molar-refractivity contribution in [3.05, 3.63) is 105 Å². The van der Waals surface area contributed by atoms with Crippen molar-refractivity contribution in [3.63, 3.8) is 0 Å². The minimum atomic E-state index is -1.05. The van der Waals surface area contributed by atoms with Crippen LogP contribution in [0.5, 0.6) is 0 Å². The molecule has 5 heteroatoms. The second kappa shape index (κ2) is 9.29. The molecule has 0 aliphatic heterocycles. The summed E-state index contributed by atoms with van der Waals surface area (Å²) in [4.78, 5) is 0. The number of hydrogen-bond acceptors (Lipinski definition) is 0. The molecule has 150 valence electrons. The van der Waals surface area contributed by atoms with Crippen molar-refractivity contribution in [1.29, 1.82) is 0 Å². The van der Waals surface area contributed by atoms with Gasteiger partial charge in [0.2, 0.25) is 0 Å². The van der Waals surface area contributed by atoms with Gasteiger partial charge in [-0.2, -0.15) is 0 Å². The quantitative estimate of drug-likeness (QED) is 0.352. The largest absolute Gasteiger partial charge is 0.206 e. The fourth-order valence-electron chi connectivity index (χ4n) is 2.72. The van der Waals surface area contributed by atoms with Gasteiger partial charge in [0.25, 0.3) is 0 Å². The SMILES string of the molecule is CCCc1cc(F)c(C#Cc2ccc(C#Cc3ccc(F)c(F)c3)c(F)c2)c(F)c1. The van der Waals surface area contributed by atoms with Gasteiger partial charge >= 0.3 is 0 Å². The van der Waals surface area contributed by atoms with Gasteiger partial charge in [-0.1, -0.05) is 37.0 Å². The summed E-state index contributed by atoms with van der Waals surface area (Å²) in [6.07, 6.45) is 1.31. The van der Waals surface area contributed by atoms with Crippen LogP contribution in [0.3, 0.4) is 0 Å². The Bertz CT molecular complexity index is 1200. The molecule has 0 spiro atoms. The Hall–Kier alpha value is -3.57. The maximum atomic E-state index is 14.3. The molecule has 0 saturated heterocycles. The summed E-state index contributed by atoms with van der Waals surface area (Å²) in [6, 6.07) is 9.50. The number of benzene rings is 3. The van der Waals surface area contributed by atoms with Crippen LogP contribution in [0.15, 0.2) is 48.5 Å². The fraction of sp³-hybridized carbons (Fsp3) is 0.120. The Morgan fingerprint density at radius 3 is 1.80 bits per heavy atom. The van der Waals surface area contributed by atoms with Gasteiger partial charge in [-0.3, -0.25) is 0 Å². The minimum Gasteiger partial charge on any atom is -0.206 e. The number of aryl methyl sites for hydroxylation is 1. The molecule has 0 aliphatic carbocycles. The molecular formula is C25H15F5. The minimum absolute atomic E-state index is 0.0200. The van der Waals surface area contributed by atoms with Crippen LogP contribution in [-0.4, -0.2) is 0 Å². The summed E-state index contributed by atoms with van der Waals surface area (Å²) >= 11 is 0. The second-order valence-electron chi connectivity index (χ2n) is 6.51. The molecule has 30 heavy (non-hydrogen) atoms. The van der Waals surface area contributed by atoms with E-state index in [9.17, 15) is 22.0 Å². The zero-order valence-electron chi connectivity index (χ0n) is 15.9. The molecule has 0 nitrogen and oxygen atoms in total. The number of hydrogen-bond donors (Lipinski definition) is 0. The summed E-state index contributed by atoms with van der Waals surface area (Å²) in [7, 11) is 0. The summed E-state index contributed by atoms with van der Waals surface area (Å²) in [5.74, 6) is 5.75. The van der Waals surface area contributed by atoms with Gasteiger partial charge in [0.1, 0.15) is 17.5 Å². The molecule has 0 atom stereocenters. The lowest BCUT2D eigenvalue weighted by molar-refractivity contribution is 0.508. The summed E-state index contributed by atoms with van der Waals surface area (Å²) in [5.41, 5.74) is 0.592. The first-order valence-corrected chi connectivity index (χ1v) is 9.14. The fourth-order valence-corrected chi connectivity index (χ4v) is 2.72. The smallest absolute Gasteiger partial charge is 0.160 e. The molecule has 0 bridgehead atoms. The Balaban J connectivity index is 1.84. The van der Waals surface area contributed by atoms with Crippen molar-refractivity contribution < 1.29 is 22.0 Å². The standard InChI is InChI=1S/C25H15F5/c1-2-3-18-14-23(28)20(24(29)15-18)10-6-16-4-8-19(22(27)12-16)9-5-17-7-11-21(26)25(30)13-17/h4,7-8,11-15H,2-3H2,1H3. The topological polar surface area (TPSA) is 0 Å². The highest BCUT2D eigenvalue weighted by Gasteiger charge is 2.09. The van der Waals surface area contributed by atoms with Crippen molar-refractivity contribution in [2.75, 3.05) is 0 Å². The molecule has 3 rings (SSSR count). The lowest BCUT2D eigenvalue weighted by Gasteiger charge is -2.02. The maximum Gasteiger partial charge on any atom is 0.160 e. The van der Waals surface area contributed by atoms with E-state index in [-0.39, 0.29) is 22.3 Å². The summed E-state index contributed by atoms with van der Waals surface area (Å²) in [5, 5.41) is 0. The van der Waals surface area contributed by atoms with E-state index in [2.05, 4.69) is 23.7 Å². The zero-order valence-corrected chi connectivity index (χ0v) is 15.9. The van der Waals surface area contributed by atoms with Gasteiger partial charge in [0, 0.05) is 11.1 Å². The van der Waals surface area contributed by atoms with Crippen molar-refractivity contribution >= 4 is 0 Å². The average molecular weight is 410 g/mol. The molecule has 0 saturated carbocycles. The second-order valence-corrected chi connectivity index (χ2v) is 6.51. The normalized spacial score (nSPS) is 10.1. The van der Waals surface area contributed by atoms with E-state index in [1.54, 1.807) is 0 Å². The van der Waals surface area contributed by atoms with Crippen LogP contribution in [-0.2, 0) is 6.42 Å². The maximum absolute atomic E-state index is 14.3. The third-order valence-electron chi connectivity index (χ3n) is 4.20. The van der Waals surface area contributed by atoms with Gasteiger partial charge in [-0.25, -0.2) is 22.0 Å². The zero-order chi connectivity index (χ0) is 21.7. The van der Waals surface area contributed by atoms with Crippen LogP contribution >= 0.6 is 0 Å². The summed E-state index contributed by atoms with van der Waals surface area (Å²) < 4.78 is 68.6. The highest BCUT2D eigenvalue weighted by molar-refractivity contribution is 5.49. The molecule has 0 fully saturated rings. The van der Waals surface area contributed by atoms with Gasteiger partial charge < -0.3 is 0 Å². The van der Waals surface area contributed by atoms with Crippen molar-refractivity contribution in [2.24, 2.45) is 0 Å². The Morgan fingerprint density at radius 1 is 0.600 bits per heavy atom. The van der Waals surface area contributed by atoms with Gasteiger partial charge in [-0.15, -0.1) is 0 Å². The van der Waals surface area contributed by atoms with E-state index in [0.29, 0.717) is 12.0 Å². The van der Waals surface area contributed by atoms with E-state index in [0.717, 1.165) is 24.6 Å². The van der Waals surface area contributed by atoms with E-state index >= 15 is 0 Å². The van der Waals surface area contributed by atoms with Crippen molar-refractivity contribution in [3.8, 4) is 23.7 Å². The highest BCUT2D eigenvalue weighted by Crippen LogP contribution is 2.16. The lowest BCUT2D eigenvalue weighted by atomic mass is 10.1. The molecule has 3 aromatic rings. The van der Waals surface area contributed by atoms with Crippen molar-refractivity contribution in [2.45, 2.75) is 19.8 Å². The molecule has 0 unspecified atom stereocenters. The first-order valence-electron chi connectivity index (χ1n) is 9.14.